The van der Waals surface area contributed by atoms with E-state index in [2.05, 4.69) is 21.2 Å². The highest BCUT2D eigenvalue weighted by Crippen LogP contribution is 2.38. The second kappa shape index (κ2) is 6.09. The van der Waals surface area contributed by atoms with Crippen molar-refractivity contribution in [1.29, 1.82) is 0 Å². The largest absolute Gasteiger partial charge is 0.311 e. The molecule has 0 spiro atoms. The van der Waals surface area contributed by atoms with Crippen LogP contribution in [0.1, 0.15) is 32.6 Å². The summed E-state index contributed by atoms with van der Waals surface area (Å²) in [5.74, 6) is 0. The van der Waals surface area contributed by atoms with Crippen LogP contribution in [0.3, 0.4) is 0 Å². The van der Waals surface area contributed by atoms with Gasteiger partial charge < -0.3 is 5.32 Å². The maximum absolute atomic E-state index is 12.9. The molecular weight excluding hydrogens is 396 g/mol. The van der Waals surface area contributed by atoms with Crippen molar-refractivity contribution in [1.82, 2.24) is 9.62 Å². The van der Waals surface area contributed by atoms with Crippen LogP contribution in [0.25, 0.3) is 0 Å². The molecular formula is C13H18BrClN2O2S2. The quantitative estimate of drug-likeness (QED) is 0.822. The molecule has 3 heterocycles. The van der Waals surface area contributed by atoms with Crippen LogP contribution in [0, 0.1) is 0 Å². The van der Waals surface area contributed by atoms with Crippen molar-refractivity contribution in [2.75, 3.05) is 6.54 Å². The molecule has 0 aromatic carbocycles. The van der Waals surface area contributed by atoms with Crippen molar-refractivity contribution in [3.63, 3.8) is 0 Å². The average molecular weight is 414 g/mol. The summed E-state index contributed by atoms with van der Waals surface area (Å²) in [6, 6.07) is 2.58. The molecule has 21 heavy (non-hydrogen) atoms. The lowest BCUT2D eigenvalue weighted by molar-refractivity contribution is 0.232. The fourth-order valence-corrected chi connectivity index (χ4v) is 7.64. The van der Waals surface area contributed by atoms with Gasteiger partial charge in [-0.25, -0.2) is 8.42 Å². The van der Waals surface area contributed by atoms with Crippen molar-refractivity contribution in [3.05, 3.63) is 14.9 Å². The molecule has 0 radical (unpaired) electrons. The van der Waals surface area contributed by atoms with Crippen LogP contribution in [0.15, 0.2) is 14.1 Å². The minimum absolute atomic E-state index is 0.0957. The van der Waals surface area contributed by atoms with Crippen LogP contribution in [-0.2, 0) is 10.0 Å². The fourth-order valence-electron chi connectivity index (χ4n) is 3.46. The minimum atomic E-state index is -3.46. The Kier molecular flexibility index (Phi) is 4.70. The summed E-state index contributed by atoms with van der Waals surface area (Å²) in [6.07, 6.45) is 4.14. The third-order valence-electron chi connectivity index (χ3n) is 4.35. The number of nitrogens with zero attached hydrogens (tertiary/aromatic N) is 1. The molecule has 1 N–H and O–H groups in total. The molecule has 2 bridgehead atoms. The minimum Gasteiger partial charge on any atom is -0.311 e. The summed E-state index contributed by atoms with van der Waals surface area (Å²) in [7, 11) is -3.46. The molecule has 0 aliphatic carbocycles. The Morgan fingerprint density at radius 2 is 2.05 bits per heavy atom. The number of piperidine rings is 1. The number of fused-ring (bicyclic) bond motifs is 2. The SMILES string of the molecule is CCN(C1CC2CCC(C1)N2)S(=O)(=O)c1cc(Cl)c(Br)s1. The summed E-state index contributed by atoms with van der Waals surface area (Å²) in [6.45, 7) is 2.41. The molecule has 2 atom stereocenters. The van der Waals surface area contributed by atoms with Gasteiger partial charge in [0.15, 0.2) is 0 Å². The number of hydrogen-bond donors (Lipinski definition) is 1. The first-order valence-corrected chi connectivity index (χ1v) is 10.6. The standard InChI is InChI=1S/C13H18BrClN2O2S2/c1-2-17(10-5-8-3-4-9(6-10)16-8)21(18,19)12-7-11(15)13(14)20-12/h7-10,16H,2-6H2,1H3. The van der Waals surface area contributed by atoms with Crippen LogP contribution in [0.5, 0.6) is 0 Å². The first-order chi connectivity index (χ1) is 9.91. The number of thiophene rings is 1. The number of nitrogens with one attached hydrogen (secondary N) is 1. The molecule has 2 unspecified atom stereocenters. The van der Waals surface area contributed by atoms with Gasteiger partial charge >= 0.3 is 0 Å². The summed E-state index contributed by atoms with van der Waals surface area (Å²) in [5.41, 5.74) is 0. The fraction of sp³-hybridized carbons (Fsp3) is 0.692. The average Bonchev–Trinajstić information content (AvgIpc) is 2.94. The highest BCUT2D eigenvalue weighted by Gasteiger charge is 2.40. The van der Waals surface area contributed by atoms with E-state index < -0.39 is 10.0 Å². The van der Waals surface area contributed by atoms with Crippen LogP contribution in [0.2, 0.25) is 5.02 Å². The van der Waals surface area contributed by atoms with Gasteiger partial charge in [0.05, 0.1) is 8.81 Å². The summed E-state index contributed by atoms with van der Waals surface area (Å²) in [5, 5.41) is 4.01. The van der Waals surface area contributed by atoms with Crippen LogP contribution in [-0.4, -0.2) is 37.4 Å². The van der Waals surface area contributed by atoms with Gasteiger partial charge in [0.1, 0.15) is 4.21 Å². The molecule has 118 valence electrons. The van der Waals surface area contributed by atoms with Crippen molar-refractivity contribution in [3.8, 4) is 0 Å². The zero-order chi connectivity index (χ0) is 15.2. The molecule has 4 nitrogen and oxygen atoms in total. The lowest BCUT2D eigenvalue weighted by Gasteiger charge is -2.36. The Hall–Kier alpha value is 0.340. The first kappa shape index (κ1) is 16.2. The van der Waals surface area contributed by atoms with Gasteiger partial charge in [-0.2, -0.15) is 4.31 Å². The van der Waals surface area contributed by atoms with Crippen molar-refractivity contribution in [2.45, 2.75) is 54.9 Å². The summed E-state index contributed by atoms with van der Waals surface area (Å²) < 4.78 is 28.5. The van der Waals surface area contributed by atoms with Crippen molar-refractivity contribution in [2.24, 2.45) is 0 Å². The molecule has 2 fully saturated rings. The molecule has 3 rings (SSSR count). The van der Waals surface area contributed by atoms with E-state index >= 15 is 0 Å². The molecule has 2 aliphatic rings. The Morgan fingerprint density at radius 3 is 2.52 bits per heavy atom. The Labute approximate surface area is 143 Å². The topological polar surface area (TPSA) is 49.4 Å². The molecule has 1 aromatic heterocycles. The highest BCUT2D eigenvalue weighted by molar-refractivity contribution is 9.11. The monoisotopic (exact) mass is 412 g/mol. The second-order valence-electron chi connectivity index (χ2n) is 5.66. The van der Waals surface area contributed by atoms with E-state index in [1.54, 1.807) is 10.4 Å². The van der Waals surface area contributed by atoms with Gasteiger partial charge in [0.25, 0.3) is 10.0 Å². The lowest BCUT2D eigenvalue weighted by atomic mass is 10.00. The van der Waals surface area contributed by atoms with Gasteiger partial charge in [-0.05, 0) is 47.7 Å². The first-order valence-electron chi connectivity index (χ1n) is 7.14. The van der Waals surface area contributed by atoms with Crippen molar-refractivity contribution >= 4 is 48.9 Å². The zero-order valence-electron chi connectivity index (χ0n) is 11.7. The number of rotatable bonds is 4. The van der Waals surface area contributed by atoms with Crippen LogP contribution in [0.4, 0.5) is 0 Å². The van der Waals surface area contributed by atoms with E-state index in [9.17, 15) is 8.42 Å². The Bertz CT molecular complexity index is 603. The third kappa shape index (κ3) is 3.05. The van der Waals surface area contributed by atoms with Gasteiger partial charge in [-0.1, -0.05) is 18.5 Å². The summed E-state index contributed by atoms with van der Waals surface area (Å²) in [4.78, 5) is 0. The van der Waals surface area contributed by atoms with E-state index in [1.807, 2.05) is 6.92 Å². The molecule has 2 saturated heterocycles. The highest BCUT2D eigenvalue weighted by atomic mass is 79.9. The van der Waals surface area contributed by atoms with E-state index in [-0.39, 0.29) is 6.04 Å². The molecule has 2 aliphatic heterocycles. The number of hydrogen-bond acceptors (Lipinski definition) is 4. The summed E-state index contributed by atoms with van der Waals surface area (Å²) >= 11 is 10.5. The molecule has 0 saturated carbocycles. The normalized spacial score (nSPS) is 29.2. The third-order valence-corrected chi connectivity index (χ3v) is 9.30. The van der Waals surface area contributed by atoms with E-state index in [0.29, 0.717) is 31.6 Å². The van der Waals surface area contributed by atoms with Gasteiger partial charge in [0.2, 0.25) is 0 Å². The molecule has 1 aromatic rings. The second-order valence-corrected chi connectivity index (χ2v) is 10.6. The molecule has 0 amide bonds. The van der Waals surface area contributed by atoms with Crippen LogP contribution >= 0.6 is 38.9 Å². The predicted molar refractivity (Wildman–Crippen MR) is 89.6 cm³/mol. The zero-order valence-corrected chi connectivity index (χ0v) is 15.7. The smallest absolute Gasteiger partial charge is 0.252 e. The van der Waals surface area contributed by atoms with Gasteiger partial charge in [-0.15, -0.1) is 11.3 Å². The predicted octanol–water partition coefficient (Wildman–Crippen LogP) is 3.46. The lowest BCUT2D eigenvalue weighted by Crippen LogP contribution is -2.49. The van der Waals surface area contributed by atoms with Gasteiger partial charge in [-0.3, -0.25) is 0 Å². The maximum Gasteiger partial charge on any atom is 0.252 e. The molecule has 8 heteroatoms. The number of sulfonamides is 1. The van der Waals surface area contributed by atoms with Gasteiger partial charge in [0, 0.05) is 24.7 Å². The van der Waals surface area contributed by atoms with E-state index in [1.165, 1.54) is 11.3 Å². The maximum atomic E-state index is 12.9. The Morgan fingerprint density at radius 1 is 1.43 bits per heavy atom. The van der Waals surface area contributed by atoms with E-state index in [4.69, 9.17) is 11.6 Å². The Balaban J connectivity index is 1.88. The van der Waals surface area contributed by atoms with E-state index in [0.717, 1.165) is 25.7 Å². The van der Waals surface area contributed by atoms with Crippen molar-refractivity contribution < 1.29 is 8.42 Å². The number of halogens is 2. The van der Waals surface area contributed by atoms with Crippen LogP contribution < -0.4 is 5.32 Å².